The second-order valence-corrected chi connectivity index (χ2v) is 7.80. The van der Waals surface area contributed by atoms with Gasteiger partial charge in [-0.2, -0.15) is 5.10 Å². The fraction of sp³-hybridized carbons (Fsp3) is 0.0417. The Morgan fingerprint density at radius 2 is 1.75 bits per heavy atom. The molecular weight excluding hydrogens is 447 g/mol. The van der Waals surface area contributed by atoms with Crippen LogP contribution in [0.3, 0.4) is 0 Å². The lowest BCUT2D eigenvalue weighted by molar-refractivity contribution is 0.415. The van der Waals surface area contributed by atoms with Crippen LogP contribution in [0, 0.1) is 0 Å². The minimum Gasteiger partial charge on any atom is -0.497 e. The predicted molar refractivity (Wildman–Crippen MR) is 127 cm³/mol. The van der Waals surface area contributed by atoms with Gasteiger partial charge >= 0.3 is 0 Å². The molecule has 0 aliphatic carbocycles. The summed E-state index contributed by atoms with van der Waals surface area (Å²) in [6.45, 7) is 0. The minimum atomic E-state index is 0.395. The highest BCUT2D eigenvalue weighted by atomic mass is 35.5. The molecule has 8 heteroatoms. The normalized spacial score (nSPS) is 11.8. The molecule has 0 bridgehead atoms. The summed E-state index contributed by atoms with van der Waals surface area (Å²) in [4.78, 5) is 8.62. The fourth-order valence-electron chi connectivity index (χ4n) is 3.39. The van der Waals surface area contributed by atoms with Gasteiger partial charge in [0.2, 0.25) is 0 Å². The van der Waals surface area contributed by atoms with E-state index in [2.05, 4.69) is 20.5 Å². The third-order valence-corrected chi connectivity index (χ3v) is 5.46. The van der Waals surface area contributed by atoms with Crippen molar-refractivity contribution < 1.29 is 9.15 Å². The molecule has 0 fully saturated rings. The lowest BCUT2D eigenvalue weighted by atomic mass is 10.1. The van der Waals surface area contributed by atoms with Crippen LogP contribution in [-0.4, -0.2) is 17.1 Å². The summed E-state index contributed by atoms with van der Waals surface area (Å²) < 4.78 is 11.4. The number of hydrogen-bond donors (Lipinski definition) is 1. The molecule has 0 saturated heterocycles. The van der Waals surface area contributed by atoms with Gasteiger partial charge in [-0.3, -0.25) is 5.43 Å². The van der Waals surface area contributed by atoms with Crippen molar-refractivity contribution in [3.05, 3.63) is 88.5 Å². The molecule has 0 radical (unpaired) electrons. The van der Waals surface area contributed by atoms with Crippen molar-refractivity contribution in [2.45, 2.75) is 0 Å². The molecule has 2 heterocycles. The lowest BCUT2D eigenvalue weighted by Gasteiger charge is -2.08. The zero-order chi connectivity index (χ0) is 22.1. The number of fused-ring (bicyclic) bond motifs is 2. The first-order valence-electron chi connectivity index (χ1n) is 9.69. The Balaban J connectivity index is 1.69. The second-order valence-electron chi connectivity index (χ2n) is 6.95. The van der Waals surface area contributed by atoms with Gasteiger partial charge in [-0.1, -0.05) is 35.3 Å². The number of hydrogen-bond acceptors (Lipinski definition) is 6. The number of ether oxygens (including phenoxy) is 1. The highest BCUT2D eigenvalue weighted by molar-refractivity contribution is 6.38. The van der Waals surface area contributed by atoms with Crippen LogP contribution >= 0.6 is 23.2 Å². The number of nitrogens with one attached hydrogen (secondary N) is 1. The second kappa shape index (κ2) is 8.49. The van der Waals surface area contributed by atoms with Gasteiger partial charge in [0.15, 0.2) is 11.4 Å². The number of halogens is 2. The molecule has 0 spiro atoms. The summed E-state index contributed by atoms with van der Waals surface area (Å²) in [5, 5.41) is 7.62. The molecule has 0 saturated carbocycles. The quantitative estimate of drug-likeness (QED) is 0.318. The van der Waals surface area contributed by atoms with Crippen LogP contribution in [0.4, 0.5) is 5.82 Å². The van der Waals surface area contributed by atoms with Crippen LogP contribution in [0.2, 0.25) is 10.0 Å². The van der Waals surface area contributed by atoms with E-state index in [-0.39, 0.29) is 0 Å². The summed E-state index contributed by atoms with van der Waals surface area (Å²) in [6, 6.07) is 20.5. The van der Waals surface area contributed by atoms with Gasteiger partial charge in [0.25, 0.3) is 0 Å². The maximum atomic E-state index is 6.46. The lowest BCUT2D eigenvalue weighted by Crippen LogP contribution is -2.08. The van der Waals surface area contributed by atoms with Gasteiger partial charge in [-0.05, 0) is 48.5 Å². The fourth-order valence-corrected chi connectivity index (χ4v) is 3.92. The summed E-state index contributed by atoms with van der Waals surface area (Å²) in [6.07, 6.45) is 1.50. The number of aromatic nitrogens is 2. The topological polar surface area (TPSA) is 72.5 Å². The highest BCUT2D eigenvalue weighted by Crippen LogP contribution is 2.30. The minimum absolute atomic E-state index is 0.395. The number of anilines is 1. The maximum Gasteiger partial charge on any atom is 0.157 e. The van der Waals surface area contributed by atoms with Crippen molar-refractivity contribution in [3.8, 4) is 17.1 Å². The van der Waals surface area contributed by atoms with Gasteiger partial charge in [-0.25, -0.2) is 9.97 Å². The van der Waals surface area contributed by atoms with Crippen molar-refractivity contribution in [2.75, 3.05) is 12.5 Å². The summed E-state index contributed by atoms with van der Waals surface area (Å²) in [5.41, 5.74) is 5.21. The molecule has 1 N–H and O–H groups in total. The Labute approximate surface area is 193 Å². The van der Waals surface area contributed by atoms with Crippen molar-refractivity contribution in [3.63, 3.8) is 0 Å². The van der Waals surface area contributed by atoms with E-state index in [9.17, 15) is 0 Å². The molecule has 0 atom stereocenters. The first-order chi connectivity index (χ1) is 15.6. The average molecular weight is 463 g/mol. The number of para-hydroxylation sites is 1. The van der Waals surface area contributed by atoms with Crippen LogP contribution in [0.25, 0.3) is 33.2 Å². The number of nitrogens with zero attached hydrogens (tertiary/aromatic N) is 3. The van der Waals surface area contributed by atoms with Crippen molar-refractivity contribution >= 4 is 50.9 Å². The van der Waals surface area contributed by atoms with Gasteiger partial charge in [0.1, 0.15) is 17.8 Å². The van der Waals surface area contributed by atoms with Gasteiger partial charge in [-0.15, -0.1) is 0 Å². The van der Waals surface area contributed by atoms with Crippen molar-refractivity contribution in [2.24, 2.45) is 5.10 Å². The highest BCUT2D eigenvalue weighted by Gasteiger charge is 2.11. The molecule has 0 aliphatic rings. The Kier molecular flexibility index (Phi) is 5.39. The van der Waals surface area contributed by atoms with E-state index in [4.69, 9.17) is 32.4 Å². The van der Waals surface area contributed by atoms with E-state index in [0.717, 1.165) is 22.2 Å². The zero-order valence-electron chi connectivity index (χ0n) is 16.8. The monoisotopic (exact) mass is 462 g/mol. The SMILES string of the molecule is COc1ccc(-c2cc(=NNc3ncnc4ccccc34)c3cc(Cl)cc(Cl)c3o2)cc1. The maximum absolute atomic E-state index is 6.46. The molecule has 0 aliphatic heterocycles. The Morgan fingerprint density at radius 1 is 0.938 bits per heavy atom. The third-order valence-electron chi connectivity index (χ3n) is 4.96. The largest absolute Gasteiger partial charge is 0.497 e. The van der Waals surface area contributed by atoms with E-state index in [0.29, 0.717) is 37.9 Å². The molecule has 2 aromatic heterocycles. The van der Waals surface area contributed by atoms with Crippen molar-refractivity contribution in [1.29, 1.82) is 0 Å². The van der Waals surface area contributed by atoms with Crippen molar-refractivity contribution in [1.82, 2.24) is 9.97 Å². The molecule has 0 amide bonds. The average Bonchev–Trinajstić information content (AvgIpc) is 2.82. The first-order valence-corrected chi connectivity index (χ1v) is 10.4. The Bertz CT molecular complexity index is 1510. The van der Waals surface area contributed by atoms with E-state index < -0.39 is 0 Å². The molecule has 6 nitrogen and oxygen atoms in total. The number of methoxy groups -OCH3 is 1. The Hall–Kier alpha value is -3.61. The Morgan fingerprint density at radius 3 is 2.56 bits per heavy atom. The van der Waals surface area contributed by atoms with Gasteiger partial charge in [0, 0.05) is 27.4 Å². The van der Waals surface area contributed by atoms with Crippen LogP contribution in [0.15, 0.2) is 82.6 Å². The van der Waals surface area contributed by atoms with E-state index >= 15 is 0 Å². The van der Waals surface area contributed by atoms with Crippen LogP contribution < -0.4 is 15.5 Å². The third kappa shape index (κ3) is 3.86. The molecule has 3 aromatic carbocycles. The van der Waals surface area contributed by atoms with Crippen LogP contribution in [0.1, 0.15) is 0 Å². The van der Waals surface area contributed by atoms with Gasteiger partial charge in [0.05, 0.1) is 23.0 Å². The summed E-state index contributed by atoms with van der Waals surface area (Å²) in [7, 11) is 1.62. The van der Waals surface area contributed by atoms with E-state index in [1.54, 1.807) is 19.2 Å². The smallest absolute Gasteiger partial charge is 0.157 e. The van der Waals surface area contributed by atoms with Crippen LogP contribution in [-0.2, 0) is 0 Å². The predicted octanol–water partition coefficient (Wildman–Crippen LogP) is 6.29. The molecule has 32 heavy (non-hydrogen) atoms. The standard InChI is InChI=1S/C24H16Cl2N4O2/c1-31-16-8-6-14(7-9-16)22-12-21(18-10-15(25)11-19(26)23(18)32-22)29-30-24-17-4-2-3-5-20(17)27-13-28-24/h2-13H,1H3,(H,27,28,30). The van der Waals surface area contributed by atoms with Gasteiger partial charge < -0.3 is 9.15 Å². The van der Waals surface area contributed by atoms with Crippen LogP contribution in [0.5, 0.6) is 5.75 Å². The number of rotatable bonds is 4. The molecule has 158 valence electrons. The zero-order valence-corrected chi connectivity index (χ0v) is 18.4. The summed E-state index contributed by atoms with van der Waals surface area (Å²) >= 11 is 12.7. The molecule has 5 rings (SSSR count). The molecule has 5 aromatic rings. The van der Waals surface area contributed by atoms with E-state index in [1.165, 1.54) is 6.33 Å². The molecular formula is C24H16Cl2N4O2. The molecule has 0 unspecified atom stereocenters. The van der Waals surface area contributed by atoms with E-state index in [1.807, 2.05) is 54.6 Å². The number of benzene rings is 3. The first kappa shape index (κ1) is 20.3. The summed E-state index contributed by atoms with van der Waals surface area (Å²) in [5.74, 6) is 1.93.